The zero-order valence-electron chi connectivity index (χ0n) is 11.5. The van der Waals surface area contributed by atoms with Crippen LogP contribution in [0.3, 0.4) is 0 Å². The Hall–Kier alpha value is -1.56. The molecule has 0 heterocycles. The number of sulfonamides is 1. The molecule has 0 unspecified atom stereocenters. The van der Waals surface area contributed by atoms with Crippen LogP contribution in [-0.4, -0.2) is 15.0 Å². The number of hydrogen-bond acceptors (Lipinski definition) is 3. The van der Waals surface area contributed by atoms with Gasteiger partial charge in [-0.2, -0.15) is 0 Å². The summed E-state index contributed by atoms with van der Waals surface area (Å²) in [5, 5.41) is 0.500. The molecule has 21 heavy (non-hydrogen) atoms. The van der Waals surface area contributed by atoms with Gasteiger partial charge in [0.25, 0.3) is 0 Å². The normalized spacial score (nSPS) is 11.3. The fourth-order valence-corrected chi connectivity index (χ4v) is 2.89. The molecule has 2 aromatic carbocycles. The zero-order chi connectivity index (χ0) is 15.3. The first-order chi connectivity index (χ1) is 10.0. The quantitative estimate of drug-likeness (QED) is 0.887. The predicted molar refractivity (Wildman–Crippen MR) is 83.1 cm³/mol. The van der Waals surface area contributed by atoms with Gasteiger partial charge in [0.2, 0.25) is 10.0 Å². The van der Waals surface area contributed by atoms with E-state index in [-0.39, 0.29) is 11.4 Å². The molecule has 2 aromatic rings. The minimum Gasteiger partial charge on any atom is -0.494 e. The smallest absolute Gasteiger partial charge is 0.240 e. The van der Waals surface area contributed by atoms with Crippen LogP contribution in [0, 0.1) is 0 Å². The third-order valence-corrected chi connectivity index (χ3v) is 4.49. The van der Waals surface area contributed by atoms with Crippen molar-refractivity contribution in [2.24, 2.45) is 0 Å². The lowest BCUT2D eigenvalue weighted by Crippen LogP contribution is -2.23. The lowest BCUT2D eigenvalue weighted by molar-refractivity contribution is 0.340. The van der Waals surface area contributed by atoms with Crippen molar-refractivity contribution in [1.29, 1.82) is 0 Å². The van der Waals surface area contributed by atoms with Gasteiger partial charge < -0.3 is 4.74 Å². The van der Waals surface area contributed by atoms with E-state index in [9.17, 15) is 8.42 Å². The van der Waals surface area contributed by atoms with Crippen LogP contribution in [0.1, 0.15) is 12.5 Å². The Morgan fingerprint density at radius 1 is 1.05 bits per heavy atom. The van der Waals surface area contributed by atoms with E-state index in [1.165, 1.54) is 12.1 Å². The Bertz CT molecular complexity index is 682. The molecular formula is C15H16ClNO3S. The van der Waals surface area contributed by atoms with E-state index in [1.54, 1.807) is 12.1 Å². The Morgan fingerprint density at radius 3 is 2.24 bits per heavy atom. The Morgan fingerprint density at radius 2 is 1.67 bits per heavy atom. The van der Waals surface area contributed by atoms with Crippen LogP contribution in [0.2, 0.25) is 5.02 Å². The fourth-order valence-electron chi connectivity index (χ4n) is 1.75. The second-order valence-electron chi connectivity index (χ2n) is 4.36. The summed E-state index contributed by atoms with van der Waals surface area (Å²) in [5.74, 6) is 0.766. The molecule has 2 rings (SSSR count). The summed E-state index contributed by atoms with van der Waals surface area (Å²) in [6, 6.07) is 13.3. The van der Waals surface area contributed by atoms with Gasteiger partial charge in [-0.25, -0.2) is 13.1 Å². The molecule has 0 saturated heterocycles. The summed E-state index contributed by atoms with van der Waals surface area (Å²) in [6.07, 6.45) is 0. The van der Waals surface area contributed by atoms with E-state index in [2.05, 4.69) is 4.72 Å². The first-order valence-electron chi connectivity index (χ1n) is 6.48. The van der Waals surface area contributed by atoms with E-state index in [0.29, 0.717) is 11.6 Å². The number of halogens is 1. The van der Waals surface area contributed by atoms with Gasteiger partial charge in [-0.15, -0.1) is 0 Å². The van der Waals surface area contributed by atoms with Crippen molar-refractivity contribution < 1.29 is 13.2 Å². The average Bonchev–Trinajstić information content (AvgIpc) is 2.47. The van der Waals surface area contributed by atoms with Crippen molar-refractivity contribution in [3.63, 3.8) is 0 Å². The molecule has 112 valence electrons. The number of benzene rings is 2. The number of hydrogen-bond donors (Lipinski definition) is 1. The average molecular weight is 326 g/mol. The number of nitrogens with one attached hydrogen (secondary N) is 1. The summed E-state index contributed by atoms with van der Waals surface area (Å²) in [5.41, 5.74) is 0.857. The highest BCUT2D eigenvalue weighted by Gasteiger charge is 2.13. The van der Waals surface area contributed by atoms with Crippen molar-refractivity contribution in [3.05, 3.63) is 59.1 Å². The molecule has 0 aliphatic carbocycles. The standard InChI is InChI=1S/C15H16ClNO3S/c1-2-20-14-7-3-12(4-8-14)11-17-21(18,19)15-9-5-13(16)6-10-15/h3-10,17H,2,11H2,1H3. The molecule has 0 bridgehead atoms. The SMILES string of the molecule is CCOc1ccc(CNS(=O)(=O)c2ccc(Cl)cc2)cc1. The van der Waals surface area contributed by atoms with Crippen molar-refractivity contribution >= 4 is 21.6 Å². The monoisotopic (exact) mass is 325 g/mol. The van der Waals surface area contributed by atoms with Crippen LogP contribution in [0.5, 0.6) is 5.75 Å². The molecule has 0 atom stereocenters. The fraction of sp³-hybridized carbons (Fsp3) is 0.200. The molecule has 1 N–H and O–H groups in total. The van der Waals surface area contributed by atoms with Crippen molar-refractivity contribution in [2.75, 3.05) is 6.61 Å². The maximum Gasteiger partial charge on any atom is 0.240 e. The molecule has 6 heteroatoms. The molecule has 0 spiro atoms. The first-order valence-corrected chi connectivity index (χ1v) is 8.34. The molecule has 0 aliphatic rings. The Labute approximate surface area is 129 Å². The van der Waals surface area contributed by atoms with Crippen LogP contribution in [0.25, 0.3) is 0 Å². The van der Waals surface area contributed by atoms with Crippen LogP contribution in [0.15, 0.2) is 53.4 Å². The van der Waals surface area contributed by atoms with E-state index < -0.39 is 10.0 Å². The van der Waals surface area contributed by atoms with Crippen molar-refractivity contribution in [2.45, 2.75) is 18.4 Å². The van der Waals surface area contributed by atoms with Gasteiger partial charge in [0.15, 0.2) is 0 Å². The highest BCUT2D eigenvalue weighted by molar-refractivity contribution is 7.89. The molecule has 0 aliphatic heterocycles. The van der Waals surface area contributed by atoms with E-state index in [1.807, 2.05) is 31.2 Å². The van der Waals surface area contributed by atoms with Gasteiger partial charge >= 0.3 is 0 Å². The molecule has 0 saturated carbocycles. The van der Waals surface area contributed by atoms with Crippen LogP contribution in [-0.2, 0) is 16.6 Å². The van der Waals surface area contributed by atoms with Gasteiger partial charge in [0.05, 0.1) is 11.5 Å². The van der Waals surface area contributed by atoms with Crippen LogP contribution >= 0.6 is 11.6 Å². The van der Waals surface area contributed by atoms with Crippen LogP contribution in [0.4, 0.5) is 0 Å². The Kier molecular flexibility index (Phi) is 5.22. The summed E-state index contributed by atoms with van der Waals surface area (Å²) < 4.78 is 32.1. The zero-order valence-corrected chi connectivity index (χ0v) is 13.1. The van der Waals surface area contributed by atoms with Gasteiger partial charge in [-0.3, -0.25) is 0 Å². The van der Waals surface area contributed by atoms with Crippen LogP contribution < -0.4 is 9.46 Å². The number of rotatable bonds is 6. The van der Waals surface area contributed by atoms with E-state index >= 15 is 0 Å². The molecular weight excluding hydrogens is 310 g/mol. The second-order valence-corrected chi connectivity index (χ2v) is 6.56. The molecule has 0 aromatic heterocycles. The molecule has 0 amide bonds. The van der Waals surface area contributed by atoms with Crippen molar-refractivity contribution in [3.8, 4) is 5.75 Å². The third kappa shape index (κ3) is 4.46. The van der Waals surface area contributed by atoms with E-state index in [4.69, 9.17) is 16.3 Å². The third-order valence-electron chi connectivity index (χ3n) is 2.82. The lowest BCUT2D eigenvalue weighted by Gasteiger charge is -2.08. The lowest BCUT2D eigenvalue weighted by atomic mass is 10.2. The maximum absolute atomic E-state index is 12.1. The topological polar surface area (TPSA) is 55.4 Å². The van der Waals surface area contributed by atoms with Gasteiger partial charge in [0.1, 0.15) is 5.75 Å². The molecule has 0 fully saturated rings. The van der Waals surface area contributed by atoms with Crippen molar-refractivity contribution in [1.82, 2.24) is 4.72 Å². The summed E-state index contributed by atoms with van der Waals surface area (Å²) in [4.78, 5) is 0.192. The van der Waals surface area contributed by atoms with Gasteiger partial charge in [0, 0.05) is 11.6 Å². The minimum absolute atomic E-state index is 0.192. The molecule has 0 radical (unpaired) electrons. The second kappa shape index (κ2) is 6.93. The summed E-state index contributed by atoms with van der Waals surface area (Å²) >= 11 is 5.75. The van der Waals surface area contributed by atoms with Gasteiger partial charge in [-0.1, -0.05) is 23.7 Å². The molecule has 4 nitrogen and oxygen atoms in total. The van der Waals surface area contributed by atoms with Gasteiger partial charge in [-0.05, 0) is 48.9 Å². The first kappa shape index (κ1) is 15.8. The summed E-state index contributed by atoms with van der Waals surface area (Å²) in [6.45, 7) is 2.73. The Balaban J connectivity index is 2.02. The minimum atomic E-state index is -3.54. The maximum atomic E-state index is 12.1. The van der Waals surface area contributed by atoms with E-state index in [0.717, 1.165) is 11.3 Å². The predicted octanol–water partition coefficient (Wildman–Crippen LogP) is 3.22. The highest BCUT2D eigenvalue weighted by Crippen LogP contribution is 2.15. The highest BCUT2D eigenvalue weighted by atomic mass is 35.5. The summed E-state index contributed by atoms with van der Waals surface area (Å²) in [7, 11) is -3.54. The number of ether oxygens (including phenoxy) is 1. The largest absolute Gasteiger partial charge is 0.494 e.